The highest BCUT2D eigenvalue weighted by Gasteiger charge is 2.20. The van der Waals surface area contributed by atoms with Crippen molar-refractivity contribution < 1.29 is 0 Å². The van der Waals surface area contributed by atoms with Crippen LogP contribution >= 0.6 is 12.2 Å². The predicted molar refractivity (Wildman–Crippen MR) is 69.2 cm³/mol. The molecule has 1 rings (SSSR count). The lowest BCUT2D eigenvalue weighted by molar-refractivity contribution is 0.148. The molecule has 88 valence electrons. The van der Waals surface area contributed by atoms with E-state index in [1.165, 1.54) is 0 Å². The van der Waals surface area contributed by atoms with E-state index in [0.717, 1.165) is 31.3 Å². The van der Waals surface area contributed by atoms with Crippen molar-refractivity contribution in [1.82, 2.24) is 15.1 Å². The quantitative estimate of drug-likeness (QED) is 0.719. The van der Waals surface area contributed by atoms with Crippen molar-refractivity contribution in [1.29, 1.82) is 0 Å². The molecule has 0 bridgehead atoms. The van der Waals surface area contributed by atoms with E-state index < -0.39 is 0 Å². The summed E-state index contributed by atoms with van der Waals surface area (Å²) in [5.41, 5.74) is 0. The van der Waals surface area contributed by atoms with Gasteiger partial charge in [-0.1, -0.05) is 0 Å². The summed E-state index contributed by atoms with van der Waals surface area (Å²) in [5.74, 6) is 0. The summed E-state index contributed by atoms with van der Waals surface area (Å²) in [6.07, 6.45) is 0. The number of nitrogens with zero attached hydrogens (tertiary/aromatic N) is 2. The minimum atomic E-state index is 0.431. The highest BCUT2D eigenvalue weighted by atomic mass is 32.1. The molecule has 1 fully saturated rings. The van der Waals surface area contributed by atoms with Crippen LogP contribution in [0.15, 0.2) is 0 Å². The Morgan fingerprint density at radius 2 is 1.60 bits per heavy atom. The Bertz CT molecular complexity index is 208. The lowest BCUT2D eigenvalue weighted by Gasteiger charge is -2.38. The zero-order valence-electron chi connectivity index (χ0n) is 10.3. The molecule has 3 nitrogen and oxygen atoms in total. The van der Waals surface area contributed by atoms with Crippen molar-refractivity contribution >= 4 is 17.3 Å². The highest BCUT2D eigenvalue weighted by molar-refractivity contribution is 7.80. The van der Waals surface area contributed by atoms with Crippen molar-refractivity contribution in [2.75, 3.05) is 26.2 Å². The summed E-state index contributed by atoms with van der Waals surface area (Å²) in [6, 6.07) is 1.08. The van der Waals surface area contributed by atoms with E-state index in [1.807, 2.05) is 0 Å². The van der Waals surface area contributed by atoms with Gasteiger partial charge in [-0.2, -0.15) is 0 Å². The number of rotatable bonds is 2. The van der Waals surface area contributed by atoms with E-state index in [1.54, 1.807) is 0 Å². The molecule has 4 heteroatoms. The van der Waals surface area contributed by atoms with Gasteiger partial charge in [-0.15, -0.1) is 0 Å². The van der Waals surface area contributed by atoms with Gasteiger partial charge in [-0.25, -0.2) is 0 Å². The Morgan fingerprint density at radius 1 is 1.07 bits per heavy atom. The molecule has 15 heavy (non-hydrogen) atoms. The fraction of sp³-hybridized carbons (Fsp3) is 0.909. The van der Waals surface area contributed by atoms with E-state index in [-0.39, 0.29) is 0 Å². The summed E-state index contributed by atoms with van der Waals surface area (Å²) in [7, 11) is 0. The molecule has 0 aromatic carbocycles. The first-order chi connectivity index (χ1) is 7.00. The topological polar surface area (TPSA) is 18.5 Å². The van der Waals surface area contributed by atoms with Crippen LogP contribution in [0.1, 0.15) is 27.7 Å². The van der Waals surface area contributed by atoms with Crippen LogP contribution in [0.2, 0.25) is 0 Å². The maximum atomic E-state index is 5.35. The van der Waals surface area contributed by atoms with Gasteiger partial charge in [0.05, 0.1) is 0 Å². The third kappa shape index (κ3) is 3.95. The Labute approximate surface area is 98.8 Å². The second-order valence-corrected chi connectivity index (χ2v) is 5.11. The summed E-state index contributed by atoms with van der Waals surface area (Å²) >= 11 is 5.35. The number of hydrogen-bond donors (Lipinski definition) is 1. The molecule has 0 amide bonds. The average Bonchev–Trinajstić information content (AvgIpc) is 2.17. The zero-order valence-corrected chi connectivity index (χ0v) is 11.1. The summed E-state index contributed by atoms with van der Waals surface area (Å²) in [4.78, 5) is 4.77. The first-order valence-corrected chi connectivity index (χ1v) is 6.21. The Hall–Kier alpha value is -0.350. The monoisotopic (exact) mass is 229 g/mol. The van der Waals surface area contributed by atoms with E-state index >= 15 is 0 Å². The molecule has 1 saturated heterocycles. The maximum absolute atomic E-state index is 5.35. The van der Waals surface area contributed by atoms with E-state index in [0.29, 0.717) is 12.1 Å². The Balaban J connectivity index is 2.34. The lowest BCUT2D eigenvalue weighted by Crippen LogP contribution is -2.54. The normalized spacial score (nSPS) is 18.7. The molecule has 0 spiro atoms. The number of nitrogens with one attached hydrogen (secondary N) is 1. The molecule has 1 aliphatic rings. The third-order valence-electron chi connectivity index (χ3n) is 2.74. The standard InChI is InChI=1S/C11H23N3S/c1-9(2)12-11(15)14-7-5-13(6-8-14)10(3)4/h9-10H,5-8H2,1-4H3,(H,12,15). The van der Waals surface area contributed by atoms with Crippen molar-refractivity contribution in [3.8, 4) is 0 Å². The van der Waals surface area contributed by atoms with E-state index in [9.17, 15) is 0 Å². The second-order valence-electron chi connectivity index (χ2n) is 4.72. The largest absolute Gasteiger partial charge is 0.360 e. The van der Waals surface area contributed by atoms with Crippen LogP contribution in [0.3, 0.4) is 0 Å². The van der Waals surface area contributed by atoms with Crippen molar-refractivity contribution in [2.45, 2.75) is 39.8 Å². The molecular formula is C11H23N3S. The molecule has 0 aromatic heterocycles. The molecule has 0 radical (unpaired) electrons. The average molecular weight is 229 g/mol. The van der Waals surface area contributed by atoms with Gasteiger partial charge < -0.3 is 10.2 Å². The summed E-state index contributed by atoms with van der Waals surface area (Å²) in [5, 5.41) is 4.21. The molecule has 0 unspecified atom stereocenters. The van der Waals surface area contributed by atoms with Crippen molar-refractivity contribution in [3.05, 3.63) is 0 Å². The van der Waals surface area contributed by atoms with Gasteiger partial charge in [-0.05, 0) is 39.9 Å². The minimum absolute atomic E-state index is 0.431. The highest BCUT2D eigenvalue weighted by Crippen LogP contribution is 2.06. The van der Waals surface area contributed by atoms with Crippen molar-refractivity contribution in [2.24, 2.45) is 0 Å². The first-order valence-electron chi connectivity index (χ1n) is 5.80. The molecule has 1 aliphatic heterocycles. The second kappa shape index (κ2) is 5.66. The van der Waals surface area contributed by atoms with Crippen LogP contribution in [-0.4, -0.2) is 53.2 Å². The van der Waals surface area contributed by atoms with Crippen LogP contribution in [0.25, 0.3) is 0 Å². The van der Waals surface area contributed by atoms with Crippen LogP contribution in [0.5, 0.6) is 0 Å². The van der Waals surface area contributed by atoms with E-state index in [2.05, 4.69) is 42.8 Å². The van der Waals surface area contributed by atoms with Gasteiger partial charge in [0.2, 0.25) is 0 Å². The fourth-order valence-electron chi connectivity index (χ4n) is 1.78. The van der Waals surface area contributed by atoms with Crippen LogP contribution in [0.4, 0.5) is 0 Å². The van der Waals surface area contributed by atoms with Gasteiger partial charge in [0.1, 0.15) is 0 Å². The maximum Gasteiger partial charge on any atom is 0.169 e. The van der Waals surface area contributed by atoms with Gasteiger partial charge in [-0.3, -0.25) is 4.90 Å². The number of piperazine rings is 1. The van der Waals surface area contributed by atoms with Crippen molar-refractivity contribution in [3.63, 3.8) is 0 Å². The molecule has 1 heterocycles. The van der Waals surface area contributed by atoms with Gasteiger partial charge in [0.25, 0.3) is 0 Å². The molecule has 0 saturated carbocycles. The SMILES string of the molecule is CC(C)NC(=S)N1CCN(C(C)C)CC1. The molecule has 0 aliphatic carbocycles. The van der Waals surface area contributed by atoms with E-state index in [4.69, 9.17) is 12.2 Å². The third-order valence-corrected chi connectivity index (χ3v) is 3.12. The number of hydrogen-bond acceptors (Lipinski definition) is 2. The van der Waals surface area contributed by atoms with Gasteiger partial charge >= 0.3 is 0 Å². The molecule has 0 atom stereocenters. The van der Waals surface area contributed by atoms with Crippen LogP contribution in [0, 0.1) is 0 Å². The van der Waals surface area contributed by atoms with Gasteiger partial charge in [0, 0.05) is 38.3 Å². The summed E-state index contributed by atoms with van der Waals surface area (Å²) < 4.78 is 0. The van der Waals surface area contributed by atoms with Crippen LogP contribution in [-0.2, 0) is 0 Å². The minimum Gasteiger partial charge on any atom is -0.360 e. The zero-order chi connectivity index (χ0) is 11.4. The lowest BCUT2D eigenvalue weighted by atomic mass is 10.2. The molecule has 1 N–H and O–H groups in total. The fourth-order valence-corrected chi connectivity index (χ4v) is 2.20. The smallest absolute Gasteiger partial charge is 0.169 e. The Morgan fingerprint density at radius 3 is 2.00 bits per heavy atom. The first kappa shape index (κ1) is 12.7. The van der Waals surface area contributed by atoms with Gasteiger partial charge in [0.15, 0.2) is 5.11 Å². The predicted octanol–water partition coefficient (Wildman–Crippen LogP) is 1.30. The number of thiocarbonyl (C=S) groups is 1. The molecule has 0 aromatic rings. The Kier molecular flexibility index (Phi) is 4.80. The van der Waals surface area contributed by atoms with Crippen LogP contribution < -0.4 is 5.32 Å². The molecular weight excluding hydrogens is 206 g/mol. The summed E-state index contributed by atoms with van der Waals surface area (Å²) in [6.45, 7) is 13.1.